The molecule has 0 fully saturated rings. The summed E-state index contributed by atoms with van der Waals surface area (Å²) in [5.41, 5.74) is 5.60. The number of hydrogen-bond acceptors (Lipinski definition) is 2. The molecule has 21 heavy (non-hydrogen) atoms. The SMILES string of the molecule is CCc1cccc(CC)c1-c1cc(S(N)(=O)=O)ccc1C. The highest BCUT2D eigenvalue weighted by molar-refractivity contribution is 7.89. The van der Waals surface area contributed by atoms with Gasteiger partial charge in [-0.15, -0.1) is 0 Å². The molecule has 2 aromatic rings. The highest BCUT2D eigenvalue weighted by Gasteiger charge is 2.15. The lowest BCUT2D eigenvalue weighted by atomic mass is 9.89. The van der Waals surface area contributed by atoms with Crippen LogP contribution in [-0.2, 0) is 22.9 Å². The van der Waals surface area contributed by atoms with Gasteiger partial charge in [-0.25, -0.2) is 13.6 Å². The molecule has 112 valence electrons. The Kier molecular flexibility index (Phi) is 4.49. The van der Waals surface area contributed by atoms with Crippen molar-refractivity contribution in [2.45, 2.75) is 38.5 Å². The van der Waals surface area contributed by atoms with Crippen LogP contribution in [0.5, 0.6) is 0 Å². The molecule has 2 N–H and O–H groups in total. The first kappa shape index (κ1) is 15.7. The standard InChI is InChI=1S/C17H21NO2S/c1-4-13-7-6-8-14(5-2)17(13)16-11-15(21(18,19)20)10-9-12(16)3/h6-11H,4-5H2,1-3H3,(H2,18,19,20). The highest BCUT2D eigenvalue weighted by Crippen LogP contribution is 2.32. The Bertz CT molecular complexity index is 742. The van der Waals surface area contributed by atoms with Gasteiger partial charge >= 0.3 is 0 Å². The van der Waals surface area contributed by atoms with Crippen molar-refractivity contribution in [2.24, 2.45) is 5.14 Å². The van der Waals surface area contributed by atoms with E-state index in [4.69, 9.17) is 5.14 Å². The lowest BCUT2D eigenvalue weighted by Crippen LogP contribution is -2.12. The molecule has 0 aliphatic heterocycles. The van der Waals surface area contributed by atoms with E-state index in [2.05, 4.69) is 32.0 Å². The molecule has 0 atom stereocenters. The maximum Gasteiger partial charge on any atom is 0.238 e. The quantitative estimate of drug-likeness (QED) is 0.940. The smallest absolute Gasteiger partial charge is 0.225 e. The fourth-order valence-corrected chi connectivity index (χ4v) is 3.18. The molecule has 0 saturated carbocycles. The fraction of sp³-hybridized carbons (Fsp3) is 0.294. The minimum atomic E-state index is -3.69. The van der Waals surface area contributed by atoms with Crippen molar-refractivity contribution < 1.29 is 8.42 Å². The minimum Gasteiger partial charge on any atom is -0.225 e. The normalized spacial score (nSPS) is 11.6. The van der Waals surface area contributed by atoms with Gasteiger partial charge in [0.15, 0.2) is 0 Å². The molecule has 3 nitrogen and oxygen atoms in total. The van der Waals surface area contributed by atoms with Gasteiger partial charge in [0, 0.05) is 0 Å². The van der Waals surface area contributed by atoms with E-state index in [1.54, 1.807) is 12.1 Å². The first-order valence-electron chi connectivity index (χ1n) is 7.13. The number of sulfonamides is 1. The van der Waals surface area contributed by atoms with Crippen molar-refractivity contribution in [1.29, 1.82) is 0 Å². The summed E-state index contributed by atoms with van der Waals surface area (Å²) in [5, 5.41) is 5.27. The molecule has 0 spiro atoms. The maximum absolute atomic E-state index is 11.6. The first-order chi connectivity index (χ1) is 9.88. The highest BCUT2D eigenvalue weighted by atomic mass is 32.2. The summed E-state index contributed by atoms with van der Waals surface area (Å²) in [6.07, 6.45) is 1.81. The first-order valence-corrected chi connectivity index (χ1v) is 8.67. The second-order valence-corrected chi connectivity index (χ2v) is 6.74. The van der Waals surface area contributed by atoms with Crippen LogP contribution in [0.4, 0.5) is 0 Å². The van der Waals surface area contributed by atoms with Crippen LogP contribution >= 0.6 is 0 Å². The zero-order valence-electron chi connectivity index (χ0n) is 12.7. The predicted molar refractivity (Wildman–Crippen MR) is 86.7 cm³/mol. The Hall–Kier alpha value is -1.65. The van der Waals surface area contributed by atoms with E-state index in [9.17, 15) is 8.42 Å². The van der Waals surface area contributed by atoms with Gasteiger partial charge in [-0.3, -0.25) is 0 Å². The maximum atomic E-state index is 11.6. The lowest BCUT2D eigenvalue weighted by molar-refractivity contribution is 0.598. The van der Waals surface area contributed by atoms with Crippen molar-refractivity contribution in [3.05, 3.63) is 53.1 Å². The van der Waals surface area contributed by atoms with Gasteiger partial charge in [-0.1, -0.05) is 38.1 Å². The molecule has 2 aromatic carbocycles. The Morgan fingerprint density at radius 3 is 2.05 bits per heavy atom. The van der Waals surface area contributed by atoms with E-state index < -0.39 is 10.0 Å². The van der Waals surface area contributed by atoms with Crippen LogP contribution < -0.4 is 5.14 Å². The van der Waals surface area contributed by atoms with Crippen LogP contribution in [0.3, 0.4) is 0 Å². The van der Waals surface area contributed by atoms with Gasteiger partial charge in [0.1, 0.15) is 0 Å². The van der Waals surface area contributed by atoms with Crippen LogP contribution in [0.25, 0.3) is 11.1 Å². The zero-order valence-corrected chi connectivity index (χ0v) is 13.5. The molecule has 0 aliphatic rings. The molecule has 4 heteroatoms. The topological polar surface area (TPSA) is 60.2 Å². The van der Waals surface area contributed by atoms with E-state index >= 15 is 0 Å². The number of primary sulfonamides is 1. The molecule has 0 unspecified atom stereocenters. The van der Waals surface area contributed by atoms with E-state index in [-0.39, 0.29) is 4.90 Å². The molecule has 0 aliphatic carbocycles. The molecular weight excluding hydrogens is 282 g/mol. The second-order valence-electron chi connectivity index (χ2n) is 5.18. The Morgan fingerprint density at radius 2 is 1.57 bits per heavy atom. The van der Waals surface area contributed by atoms with Crippen molar-refractivity contribution >= 4 is 10.0 Å². The summed E-state index contributed by atoms with van der Waals surface area (Å²) in [4.78, 5) is 0.163. The zero-order chi connectivity index (χ0) is 15.6. The summed E-state index contributed by atoms with van der Waals surface area (Å²) in [6, 6.07) is 11.3. The van der Waals surface area contributed by atoms with E-state index in [1.807, 2.05) is 13.0 Å². The Balaban J connectivity index is 2.78. The monoisotopic (exact) mass is 303 g/mol. The molecule has 0 saturated heterocycles. The minimum absolute atomic E-state index is 0.163. The van der Waals surface area contributed by atoms with Crippen LogP contribution in [-0.4, -0.2) is 8.42 Å². The van der Waals surface area contributed by atoms with Gasteiger partial charge < -0.3 is 0 Å². The van der Waals surface area contributed by atoms with Crippen LogP contribution in [0.15, 0.2) is 41.3 Å². The fourth-order valence-electron chi connectivity index (χ4n) is 2.64. The Morgan fingerprint density at radius 1 is 1.00 bits per heavy atom. The van der Waals surface area contributed by atoms with Crippen LogP contribution in [0.2, 0.25) is 0 Å². The summed E-state index contributed by atoms with van der Waals surface area (Å²) in [6.45, 7) is 6.21. The molecule has 0 amide bonds. The third-order valence-corrected chi connectivity index (χ3v) is 4.72. The van der Waals surface area contributed by atoms with Crippen molar-refractivity contribution in [2.75, 3.05) is 0 Å². The second kappa shape index (κ2) is 6.00. The van der Waals surface area contributed by atoms with Crippen LogP contribution in [0, 0.1) is 6.92 Å². The van der Waals surface area contributed by atoms with E-state index in [0.717, 1.165) is 29.5 Å². The molecular formula is C17H21NO2S. The molecule has 0 aromatic heterocycles. The Labute approximate surface area is 126 Å². The molecule has 2 rings (SSSR count). The summed E-state index contributed by atoms with van der Waals surface area (Å²) in [5.74, 6) is 0. The predicted octanol–water partition coefficient (Wildman–Crippen LogP) is 3.43. The summed E-state index contributed by atoms with van der Waals surface area (Å²) in [7, 11) is -3.69. The number of aryl methyl sites for hydroxylation is 3. The van der Waals surface area contributed by atoms with E-state index in [1.165, 1.54) is 11.1 Å². The van der Waals surface area contributed by atoms with Crippen molar-refractivity contribution in [3.8, 4) is 11.1 Å². The molecule has 0 bridgehead atoms. The number of benzene rings is 2. The van der Waals surface area contributed by atoms with Gasteiger partial charge in [0.05, 0.1) is 4.90 Å². The third-order valence-electron chi connectivity index (χ3n) is 3.81. The van der Waals surface area contributed by atoms with Crippen molar-refractivity contribution in [1.82, 2.24) is 0 Å². The van der Waals surface area contributed by atoms with Crippen LogP contribution in [0.1, 0.15) is 30.5 Å². The number of hydrogen-bond donors (Lipinski definition) is 1. The number of rotatable bonds is 4. The summed E-state index contributed by atoms with van der Waals surface area (Å²) < 4.78 is 23.2. The average Bonchev–Trinajstić information content (AvgIpc) is 2.45. The lowest BCUT2D eigenvalue weighted by Gasteiger charge is -2.16. The van der Waals surface area contributed by atoms with Gasteiger partial charge in [-0.05, 0) is 59.7 Å². The summed E-state index contributed by atoms with van der Waals surface area (Å²) >= 11 is 0. The molecule has 0 heterocycles. The molecule has 0 radical (unpaired) electrons. The van der Waals surface area contributed by atoms with Gasteiger partial charge in [-0.2, -0.15) is 0 Å². The average molecular weight is 303 g/mol. The van der Waals surface area contributed by atoms with Crippen molar-refractivity contribution in [3.63, 3.8) is 0 Å². The largest absolute Gasteiger partial charge is 0.238 e. The van der Waals surface area contributed by atoms with Gasteiger partial charge in [0.2, 0.25) is 10.0 Å². The third kappa shape index (κ3) is 3.17. The van der Waals surface area contributed by atoms with E-state index in [0.29, 0.717) is 0 Å². The van der Waals surface area contributed by atoms with Gasteiger partial charge in [0.25, 0.3) is 0 Å². The number of nitrogens with two attached hydrogens (primary N) is 1.